The first kappa shape index (κ1) is 39.8. The Morgan fingerprint density at radius 1 is 1.27 bits per heavy atom. The first-order valence-electron chi connectivity index (χ1n) is 16.0. The molecular weight excluding hydrogens is 695 g/mol. The van der Waals surface area contributed by atoms with Crippen LogP contribution in [-0.2, 0) is 72.5 Å². The fourth-order valence-electron chi connectivity index (χ4n) is 6.56. The van der Waals surface area contributed by atoms with Crippen molar-refractivity contribution in [3.8, 4) is 0 Å². The molecule has 4 rings (SSSR count). The maximum Gasteiger partial charge on any atom is 0.409 e. The Morgan fingerprint density at radius 2 is 1.96 bits per heavy atom. The van der Waals surface area contributed by atoms with Crippen molar-refractivity contribution in [1.29, 1.82) is 0 Å². The van der Waals surface area contributed by atoms with E-state index in [4.69, 9.17) is 18.9 Å². The topological polar surface area (TPSA) is 147 Å². The molecule has 1 aromatic rings. The van der Waals surface area contributed by atoms with E-state index in [1.54, 1.807) is 33.0 Å². The number of benzene rings is 1. The number of fused-ring (bicyclic) bond motifs is 5. The molecule has 4 unspecified atom stereocenters. The van der Waals surface area contributed by atoms with E-state index in [1.807, 2.05) is 39.0 Å². The van der Waals surface area contributed by atoms with E-state index in [2.05, 4.69) is 11.4 Å². The second kappa shape index (κ2) is 15.9. The molecule has 0 aliphatic carbocycles. The van der Waals surface area contributed by atoms with E-state index in [9.17, 15) is 24.3 Å². The number of esters is 1. The van der Waals surface area contributed by atoms with E-state index in [0.717, 1.165) is 16.7 Å². The van der Waals surface area contributed by atoms with Crippen LogP contribution in [0.5, 0.6) is 0 Å². The summed E-state index contributed by atoms with van der Waals surface area (Å²) in [5.41, 5.74) is 0.465. The van der Waals surface area contributed by atoms with Crippen LogP contribution in [0.3, 0.4) is 0 Å². The Bertz CT molecular complexity index is 1450. The Labute approximate surface area is 308 Å². The molecule has 1 aromatic carbocycles. The third-order valence-corrected chi connectivity index (χ3v) is 9.58. The van der Waals surface area contributed by atoms with Gasteiger partial charge in [0.25, 0.3) is 0 Å². The smallest absolute Gasteiger partial charge is 0.409 e. The summed E-state index contributed by atoms with van der Waals surface area (Å²) in [6.45, 7) is 10.6. The average molecular weight is 744 g/mol. The number of alkyl carbamates (subject to hydrolysis) is 1. The average Bonchev–Trinajstić information content (AvgIpc) is 3.69. The van der Waals surface area contributed by atoms with E-state index in [0.29, 0.717) is 18.5 Å². The minimum Gasteiger partial charge on any atom is -0.457 e. The molecule has 3 heterocycles. The Balaban J connectivity index is 0.00000625. The number of hydrogen-bond acceptors (Lipinski definition) is 9. The summed E-state index contributed by atoms with van der Waals surface area (Å²) >= 11 is 0. The van der Waals surface area contributed by atoms with Gasteiger partial charge in [0.05, 0.1) is 12.5 Å². The van der Waals surface area contributed by atoms with E-state index >= 15 is 0 Å². The van der Waals surface area contributed by atoms with E-state index < -0.39 is 59.8 Å². The number of likely N-dealkylation sites (N-methyl/N-ethyl adjacent to an activating group) is 1. The summed E-state index contributed by atoms with van der Waals surface area (Å²) in [6, 6.07) is 6.29. The normalized spacial score (nSPS) is 33.0. The zero-order valence-corrected chi connectivity index (χ0v) is 32.2. The van der Waals surface area contributed by atoms with Crippen molar-refractivity contribution < 1.29 is 75.9 Å². The number of epoxide rings is 1. The largest absolute Gasteiger partial charge is 0.457 e. The number of methoxy groups -OCH3 is 1. The number of carbonyl (C=O) groups excluding carboxylic acids is 4. The van der Waals surface area contributed by atoms with Gasteiger partial charge in [-0.2, -0.15) is 23.3 Å². The first-order valence-corrected chi connectivity index (χ1v) is 16.0. The van der Waals surface area contributed by atoms with Gasteiger partial charge in [0.2, 0.25) is 11.8 Å². The molecule has 4 bridgehead atoms. The van der Waals surface area contributed by atoms with Crippen LogP contribution in [0, 0.1) is 18.9 Å². The van der Waals surface area contributed by atoms with Gasteiger partial charge in [-0.05, 0) is 26.7 Å². The molecule has 13 heteroatoms. The molecule has 3 aliphatic rings. The van der Waals surface area contributed by atoms with E-state index in [1.165, 1.54) is 30.9 Å². The predicted octanol–water partition coefficient (Wildman–Crippen LogP) is 3.37. The molecule has 3 aliphatic heterocycles. The SMILES string of the molecule is CCC(C(=O)O[C@H]1CC(=O)N(C)c2[c-]c(C)cc(c2)C/C(C)=C/C=C/[C@@H](OC)[C@@]2(O)CC(OC(=O)N2)[C@@H](C)C2OC21C)N(C)C(C)=O.[Y]. The van der Waals surface area contributed by atoms with Gasteiger partial charge in [0.1, 0.15) is 30.0 Å². The number of aryl methyl sites for hydroxylation is 1. The Morgan fingerprint density at radius 3 is 2.58 bits per heavy atom. The molecule has 2 N–H and O–H groups in total. The monoisotopic (exact) mass is 743 g/mol. The maximum atomic E-state index is 13.9. The molecular formula is C35H48N3O9Y-. The number of anilines is 1. The number of nitrogens with zero attached hydrogens (tertiary/aromatic N) is 2. The van der Waals surface area contributed by atoms with Crippen molar-refractivity contribution >= 4 is 29.6 Å². The van der Waals surface area contributed by atoms with E-state index in [-0.39, 0.29) is 57.4 Å². The van der Waals surface area contributed by atoms with Crippen molar-refractivity contribution in [1.82, 2.24) is 10.2 Å². The van der Waals surface area contributed by atoms with Crippen molar-refractivity contribution in [3.63, 3.8) is 0 Å². The Kier molecular flexibility index (Phi) is 13.2. The van der Waals surface area contributed by atoms with Crippen LogP contribution in [0.2, 0.25) is 0 Å². The molecule has 0 spiro atoms. The molecule has 48 heavy (non-hydrogen) atoms. The van der Waals surface area contributed by atoms with Gasteiger partial charge in [-0.25, -0.2) is 9.59 Å². The third kappa shape index (κ3) is 8.74. The van der Waals surface area contributed by atoms with Gasteiger partial charge >= 0.3 is 12.1 Å². The van der Waals surface area contributed by atoms with Crippen LogP contribution in [0.4, 0.5) is 10.5 Å². The van der Waals surface area contributed by atoms with Crippen LogP contribution in [0.15, 0.2) is 35.9 Å². The number of ether oxygens (including phenoxy) is 4. The minimum absolute atomic E-state index is 0. The summed E-state index contributed by atoms with van der Waals surface area (Å²) in [5, 5.41) is 14.2. The number of allylic oxidation sites excluding steroid dienone is 3. The Hall–Kier alpha value is -2.64. The summed E-state index contributed by atoms with van der Waals surface area (Å²) in [4.78, 5) is 55.1. The summed E-state index contributed by atoms with van der Waals surface area (Å²) < 4.78 is 23.5. The van der Waals surface area contributed by atoms with Crippen LogP contribution >= 0.6 is 0 Å². The number of aliphatic hydroxyl groups is 1. The molecule has 0 aromatic heterocycles. The van der Waals surface area contributed by atoms with Crippen LogP contribution in [0.25, 0.3) is 0 Å². The standard InChI is InChI=1S/C35H48N3O9.Y/c1-10-26(37(7)23(5)39)32(41)46-29-18-30(40)38(8)25-16-21(3)15-24(17-25)14-20(2)12-11-13-28(44-9)35(43)19-27(45-33(42)36-35)22(4)31-34(29,6)47-31;/h11-13,15,17,22,26-29,31,43H,10,14,18-19H2,1-9H3,(H,36,42);/q-1;/b13-11+,20-12+;/t22-,26?,27?,28-,29+,31?,34?,35+;/m1./s1. The number of amides is 3. The number of hydrogen-bond donors (Lipinski definition) is 2. The number of nitrogens with one attached hydrogen (secondary N) is 1. The van der Waals surface area contributed by atoms with Gasteiger partial charge < -0.3 is 33.9 Å². The quantitative estimate of drug-likeness (QED) is 0.263. The summed E-state index contributed by atoms with van der Waals surface area (Å²) in [6.07, 6.45) is 1.86. The second-order valence-electron chi connectivity index (χ2n) is 13.2. The first-order chi connectivity index (χ1) is 22.0. The molecule has 261 valence electrons. The van der Waals surface area contributed by atoms with Crippen LogP contribution in [0.1, 0.15) is 65.0 Å². The van der Waals surface area contributed by atoms with Gasteiger partial charge in [0, 0.05) is 73.2 Å². The maximum absolute atomic E-state index is 13.9. The van der Waals surface area contributed by atoms with Crippen LogP contribution < -0.4 is 10.2 Å². The van der Waals surface area contributed by atoms with Crippen LogP contribution in [-0.4, -0.2) is 96.9 Å². The van der Waals surface area contributed by atoms with Crippen molar-refractivity contribution in [2.75, 3.05) is 26.1 Å². The zero-order valence-electron chi connectivity index (χ0n) is 29.4. The molecule has 8 atom stereocenters. The molecule has 2 fully saturated rings. The minimum atomic E-state index is -1.78. The zero-order chi connectivity index (χ0) is 34.8. The molecule has 0 saturated carbocycles. The molecule has 3 amide bonds. The van der Waals surface area contributed by atoms with Crippen molar-refractivity contribution in [2.24, 2.45) is 5.92 Å². The fourth-order valence-corrected chi connectivity index (χ4v) is 6.56. The number of rotatable bonds is 5. The van der Waals surface area contributed by atoms with Gasteiger partial charge in [0.15, 0.2) is 5.72 Å². The van der Waals surface area contributed by atoms with Gasteiger partial charge in [-0.15, -0.1) is 6.07 Å². The predicted molar refractivity (Wildman–Crippen MR) is 173 cm³/mol. The molecule has 1 radical (unpaired) electrons. The molecule has 2 saturated heterocycles. The molecule has 12 nitrogen and oxygen atoms in total. The summed E-state index contributed by atoms with van der Waals surface area (Å²) in [5.74, 6) is -1.76. The van der Waals surface area contributed by atoms with Crippen molar-refractivity contribution in [3.05, 3.63) is 53.1 Å². The fraction of sp³-hybridized carbons (Fsp3) is 0.600. The number of carbonyl (C=O) groups is 4. The summed E-state index contributed by atoms with van der Waals surface area (Å²) in [7, 11) is 4.63. The van der Waals surface area contributed by atoms with Gasteiger partial charge in [-0.1, -0.05) is 50.3 Å². The van der Waals surface area contributed by atoms with Crippen molar-refractivity contribution in [2.45, 2.75) is 109 Å². The second-order valence-corrected chi connectivity index (χ2v) is 13.2. The third-order valence-electron chi connectivity index (χ3n) is 9.58. The van der Waals surface area contributed by atoms with Gasteiger partial charge in [-0.3, -0.25) is 14.9 Å².